The van der Waals surface area contributed by atoms with E-state index in [-0.39, 0.29) is 11.3 Å². The molecule has 0 unspecified atom stereocenters. The molecule has 0 aromatic heterocycles. The van der Waals surface area contributed by atoms with Crippen LogP contribution in [-0.4, -0.2) is 28.7 Å². The number of carbonyl (C=O) groups is 2. The Labute approximate surface area is 124 Å². The van der Waals surface area contributed by atoms with Gasteiger partial charge in [-0.3, -0.25) is 4.79 Å². The monoisotopic (exact) mass is 462 g/mol. The van der Waals surface area contributed by atoms with Gasteiger partial charge in [0, 0.05) is 0 Å². The van der Waals surface area contributed by atoms with Crippen LogP contribution in [0.25, 0.3) is 0 Å². The summed E-state index contributed by atoms with van der Waals surface area (Å²) < 4.78 is 0.959. The Balaban J connectivity index is 3.32. The van der Waals surface area contributed by atoms with Crippen molar-refractivity contribution in [3.63, 3.8) is 0 Å². The molecule has 0 bridgehead atoms. The molecule has 1 amide bonds. The number of carboxylic acids is 1. The van der Waals surface area contributed by atoms with Crippen LogP contribution in [0.5, 0.6) is 0 Å². The van der Waals surface area contributed by atoms with Gasteiger partial charge in [0.05, 0.1) is 24.1 Å². The molecule has 5 N–H and O–H groups in total. The third kappa shape index (κ3) is 3.19. The van der Waals surface area contributed by atoms with Gasteiger partial charge in [0.15, 0.2) is 0 Å². The Kier molecular flexibility index (Phi) is 4.94. The minimum absolute atomic E-state index is 0.0109. The molecule has 92 valence electrons. The number of nitrogens with two attached hydrogens (primary N) is 1. The van der Waals surface area contributed by atoms with Gasteiger partial charge in [-0.05, 0) is 51.2 Å². The fourth-order valence-electron chi connectivity index (χ4n) is 1.09. The smallest absolute Gasteiger partial charge is 0.336 e. The highest BCUT2D eigenvalue weighted by Crippen LogP contribution is 2.31. The Morgan fingerprint density at radius 1 is 1.35 bits per heavy atom. The van der Waals surface area contributed by atoms with Crippen molar-refractivity contribution in [2.24, 2.45) is 0 Å². The summed E-state index contributed by atoms with van der Waals surface area (Å²) in [5.41, 5.74) is 6.33. The maximum absolute atomic E-state index is 11.1. The quantitative estimate of drug-likeness (QED) is 0.398. The van der Waals surface area contributed by atoms with Crippen molar-refractivity contribution < 1.29 is 19.8 Å². The van der Waals surface area contributed by atoms with Crippen LogP contribution in [0.1, 0.15) is 10.4 Å². The first-order chi connectivity index (χ1) is 7.88. The number of carboxylic acid groups (broad SMARTS) is 1. The highest BCUT2D eigenvalue weighted by atomic mass is 127. The van der Waals surface area contributed by atoms with E-state index in [9.17, 15) is 9.59 Å². The molecule has 1 aromatic rings. The standard InChI is InChI=1S/C9H8I2N2O4/c10-6-3(9(16)17)1-4(7(11)8(6)12)13-5(15)2-14/h1,14H,2,12H2,(H,13,15)(H,16,17). The van der Waals surface area contributed by atoms with Gasteiger partial charge in [0.2, 0.25) is 5.91 Å². The number of benzene rings is 1. The molecule has 0 aliphatic heterocycles. The van der Waals surface area contributed by atoms with Gasteiger partial charge in [-0.15, -0.1) is 0 Å². The molecule has 0 aliphatic carbocycles. The molecule has 0 fully saturated rings. The van der Waals surface area contributed by atoms with Gasteiger partial charge in [0.1, 0.15) is 6.61 Å². The fraction of sp³-hybridized carbons (Fsp3) is 0.111. The molecule has 8 heteroatoms. The normalized spacial score (nSPS) is 10.1. The maximum Gasteiger partial charge on any atom is 0.336 e. The van der Waals surface area contributed by atoms with Crippen LogP contribution >= 0.6 is 45.2 Å². The minimum Gasteiger partial charge on any atom is -0.478 e. The van der Waals surface area contributed by atoms with Gasteiger partial charge in [-0.2, -0.15) is 0 Å². The summed E-state index contributed by atoms with van der Waals surface area (Å²) >= 11 is 3.73. The number of anilines is 2. The van der Waals surface area contributed by atoms with E-state index >= 15 is 0 Å². The van der Waals surface area contributed by atoms with Crippen LogP contribution in [0.2, 0.25) is 0 Å². The van der Waals surface area contributed by atoms with Crippen LogP contribution in [0.4, 0.5) is 11.4 Å². The van der Waals surface area contributed by atoms with Gasteiger partial charge < -0.3 is 21.3 Å². The van der Waals surface area contributed by atoms with Crippen LogP contribution < -0.4 is 11.1 Å². The van der Waals surface area contributed by atoms with Crippen molar-refractivity contribution in [1.82, 2.24) is 0 Å². The van der Waals surface area contributed by atoms with E-state index in [1.165, 1.54) is 6.07 Å². The summed E-state index contributed by atoms with van der Waals surface area (Å²) in [4.78, 5) is 22.0. The Hall–Kier alpha value is -0.620. The summed E-state index contributed by atoms with van der Waals surface area (Å²) in [6, 6.07) is 1.32. The molecule has 1 rings (SSSR count). The molecular weight excluding hydrogens is 454 g/mol. The van der Waals surface area contributed by atoms with Crippen molar-refractivity contribution in [1.29, 1.82) is 0 Å². The average Bonchev–Trinajstić information content (AvgIpc) is 2.29. The van der Waals surface area contributed by atoms with E-state index in [2.05, 4.69) is 5.32 Å². The van der Waals surface area contributed by atoms with E-state index in [1.807, 2.05) is 45.2 Å². The minimum atomic E-state index is -1.13. The second-order valence-electron chi connectivity index (χ2n) is 3.02. The van der Waals surface area contributed by atoms with Crippen LogP contribution in [0, 0.1) is 7.14 Å². The molecule has 0 heterocycles. The largest absolute Gasteiger partial charge is 0.478 e. The Morgan fingerprint density at radius 3 is 2.41 bits per heavy atom. The first-order valence-electron chi connectivity index (χ1n) is 4.30. The third-order valence-electron chi connectivity index (χ3n) is 1.88. The van der Waals surface area contributed by atoms with E-state index in [0.29, 0.717) is 12.8 Å². The van der Waals surface area contributed by atoms with E-state index in [0.717, 1.165) is 0 Å². The first-order valence-corrected chi connectivity index (χ1v) is 6.45. The summed E-state index contributed by atoms with van der Waals surface area (Å²) in [7, 11) is 0. The fourth-order valence-corrected chi connectivity index (χ4v) is 2.83. The molecule has 0 aliphatic rings. The van der Waals surface area contributed by atoms with Crippen molar-refractivity contribution >= 4 is 68.4 Å². The van der Waals surface area contributed by atoms with Crippen molar-refractivity contribution in [3.8, 4) is 0 Å². The maximum atomic E-state index is 11.1. The molecule has 17 heavy (non-hydrogen) atoms. The number of aromatic carboxylic acids is 1. The predicted octanol–water partition coefficient (Wildman–Crippen LogP) is 1.11. The number of nitrogen functional groups attached to an aromatic ring is 1. The summed E-state index contributed by atoms with van der Waals surface area (Å²) in [5.74, 6) is -1.75. The first kappa shape index (κ1) is 14.4. The molecule has 0 atom stereocenters. The van der Waals surface area contributed by atoms with E-state index < -0.39 is 18.5 Å². The third-order valence-corrected chi connectivity index (χ3v) is 4.21. The number of nitrogens with one attached hydrogen (secondary N) is 1. The lowest BCUT2D eigenvalue weighted by Crippen LogP contribution is -2.18. The van der Waals surface area contributed by atoms with Gasteiger partial charge in [-0.1, -0.05) is 0 Å². The number of rotatable bonds is 3. The zero-order chi connectivity index (χ0) is 13.2. The highest BCUT2D eigenvalue weighted by Gasteiger charge is 2.17. The van der Waals surface area contributed by atoms with Gasteiger partial charge >= 0.3 is 5.97 Å². The number of aliphatic hydroxyl groups is 1. The highest BCUT2D eigenvalue weighted by molar-refractivity contribution is 14.1. The molecule has 0 spiro atoms. The SMILES string of the molecule is Nc1c(I)c(NC(=O)CO)cc(C(=O)O)c1I. The van der Waals surface area contributed by atoms with E-state index in [1.54, 1.807) is 0 Å². The topological polar surface area (TPSA) is 113 Å². The van der Waals surface area contributed by atoms with Gasteiger partial charge in [-0.25, -0.2) is 4.79 Å². The molecule has 6 nitrogen and oxygen atoms in total. The van der Waals surface area contributed by atoms with E-state index in [4.69, 9.17) is 15.9 Å². The second kappa shape index (κ2) is 5.82. The van der Waals surface area contributed by atoms with Crippen molar-refractivity contribution in [3.05, 3.63) is 18.8 Å². The van der Waals surface area contributed by atoms with Crippen LogP contribution in [0.15, 0.2) is 6.07 Å². The number of halogens is 2. The zero-order valence-electron chi connectivity index (χ0n) is 8.33. The summed E-state index contributed by atoms with van der Waals surface area (Å²) in [5, 5.41) is 20.0. The van der Waals surface area contributed by atoms with Crippen LogP contribution in [-0.2, 0) is 4.79 Å². The predicted molar refractivity (Wildman–Crippen MR) is 79.0 cm³/mol. The molecular formula is C9H8I2N2O4. The van der Waals surface area contributed by atoms with Crippen molar-refractivity contribution in [2.75, 3.05) is 17.7 Å². The molecule has 1 aromatic carbocycles. The molecule has 0 radical (unpaired) electrons. The number of hydrogen-bond donors (Lipinski definition) is 4. The Morgan fingerprint density at radius 2 is 1.94 bits per heavy atom. The van der Waals surface area contributed by atoms with Crippen LogP contribution in [0.3, 0.4) is 0 Å². The van der Waals surface area contributed by atoms with Crippen molar-refractivity contribution in [2.45, 2.75) is 0 Å². The lowest BCUT2D eigenvalue weighted by atomic mass is 10.1. The molecule has 0 saturated heterocycles. The second-order valence-corrected chi connectivity index (χ2v) is 5.18. The zero-order valence-corrected chi connectivity index (χ0v) is 12.6. The Bertz CT molecular complexity index is 490. The lowest BCUT2D eigenvalue weighted by Gasteiger charge is -2.12. The number of amides is 1. The summed E-state index contributed by atoms with van der Waals surface area (Å²) in [6.07, 6.45) is 0. The number of hydrogen-bond acceptors (Lipinski definition) is 4. The van der Waals surface area contributed by atoms with Gasteiger partial charge in [0.25, 0.3) is 0 Å². The lowest BCUT2D eigenvalue weighted by molar-refractivity contribution is -0.118. The average molecular weight is 462 g/mol. The number of aliphatic hydroxyl groups excluding tert-OH is 1. The summed E-state index contributed by atoms with van der Waals surface area (Å²) in [6.45, 7) is -0.676. The molecule has 0 saturated carbocycles. The number of carbonyl (C=O) groups excluding carboxylic acids is 1.